The van der Waals surface area contributed by atoms with E-state index in [1.807, 2.05) is 13.8 Å². The summed E-state index contributed by atoms with van der Waals surface area (Å²) >= 11 is 2.35. The summed E-state index contributed by atoms with van der Waals surface area (Å²) in [5.41, 5.74) is 5.67. The molecule has 4 heterocycles. The van der Waals surface area contributed by atoms with Crippen LogP contribution in [0.2, 0.25) is 0 Å². The van der Waals surface area contributed by atoms with Crippen molar-refractivity contribution < 1.29 is 28.8 Å². The molecule has 16 heteroatoms. The molecule has 45 heavy (non-hydrogen) atoms. The smallest absolute Gasteiger partial charge is 0.274 e. The zero-order valence-corrected chi connectivity index (χ0v) is 27.4. The zero-order chi connectivity index (χ0) is 32.8. The monoisotopic (exact) mass is 660 g/mol. The molecule has 4 bridgehead atoms. The van der Waals surface area contributed by atoms with Crippen molar-refractivity contribution in [3.05, 3.63) is 32.2 Å². The third-order valence-corrected chi connectivity index (χ3v) is 9.43. The average Bonchev–Trinajstić information content (AvgIpc) is 3.76. The molecular formula is C29H40N8O6S2. The SMILES string of the molecule is CC(C)CC1NC(=O)C2CCCN2C(=O)c2csc(n2)CNC(=O)c2csc(n2)C(CCC(N)=O)NC(=O)C(C(C)C)NC1=O. The first kappa shape index (κ1) is 34.0. The van der Waals surface area contributed by atoms with Crippen molar-refractivity contribution in [1.29, 1.82) is 0 Å². The topological polar surface area (TPSA) is 206 Å². The number of amides is 6. The van der Waals surface area contributed by atoms with E-state index in [9.17, 15) is 28.8 Å². The van der Waals surface area contributed by atoms with Crippen molar-refractivity contribution in [3.8, 4) is 0 Å². The molecule has 2 aromatic heterocycles. The molecule has 14 nitrogen and oxygen atoms in total. The number of thiazole rings is 2. The van der Waals surface area contributed by atoms with Crippen LogP contribution < -0.4 is 27.0 Å². The number of fused-ring (bicyclic) bond motifs is 5. The molecular weight excluding hydrogens is 621 g/mol. The highest BCUT2D eigenvalue weighted by atomic mass is 32.1. The minimum Gasteiger partial charge on any atom is -0.370 e. The van der Waals surface area contributed by atoms with Gasteiger partial charge in [0, 0.05) is 23.7 Å². The first-order chi connectivity index (χ1) is 21.3. The van der Waals surface area contributed by atoms with Crippen LogP contribution in [0, 0.1) is 11.8 Å². The molecule has 1 saturated heterocycles. The van der Waals surface area contributed by atoms with Gasteiger partial charge in [-0.05, 0) is 37.5 Å². The molecule has 244 valence electrons. The number of carbonyl (C=O) groups is 6. The van der Waals surface area contributed by atoms with Crippen LogP contribution in [0.1, 0.15) is 96.8 Å². The van der Waals surface area contributed by atoms with Gasteiger partial charge in [-0.2, -0.15) is 0 Å². The Morgan fingerprint density at radius 3 is 2.36 bits per heavy atom. The Morgan fingerprint density at radius 1 is 0.956 bits per heavy atom. The van der Waals surface area contributed by atoms with Crippen molar-refractivity contribution >= 4 is 58.1 Å². The summed E-state index contributed by atoms with van der Waals surface area (Å²) in [6.45, 7) is 7.80. The standard InChI is InChI=1S/C29H40N8O6S2/c1-14(2)10-17-25(40)36-23(15(3)4)27(42)33-16(7-8-21(30)38)28-35-18(12-45-28)24(39)31-11-22-32-19(13-44-22)29(43)37-9-5-6-20(37)26(41)34-17/h12-17,20,23H,5-11H2,1-4H3,(H2,30,38)(H,31,39)(H,33,42)(H,34,41)(H,36,40). The molecule has 2 aliphatic heterocycles. The summed E-state index contributed by atoms with van der Waals surface area (Å²) in [4.78, 5) is 89.0. The number of nitrogens with zero attached hydrogens (tertiary/aromatic N) is 3. The third-order valence-electron chi connectivity index (χ3n) is 7.62. The highest BCUT2D eigenvalue weighted by Crippen LogP contribution is 2.25. The van der Waals surface area contributed by atoms with Crippen LogP contribution in [0.3, 0.4) is 0 Å². The van der Waals surface area contributed by atoms with Gasteiger partial charge in [-0.15, -0.1) is 22.7 Å². The Labute approximate surface area is 269 Å². The predicted molar refractivity (Wildman–Crippen MR) is 167 cm³/mol. The molecule has 2 aliphatic rings. The van der Waals surface area contributed by atoms with E-state index in [2.05, 4.69) is 31.2 Å². The third kappa shape index (κ3) is 8.63. The van der Waals surface area contributed by atoms with E-state index in [1.54, 1.807) is 24.6 Å². The van der Waals surface area contributed by atoms with Gasteiger partial charge in [0.2, 0.25) is 23.6 Å². The zero-order valence-electron chi connectivity index (χ0n) is 25.8. The number of rotatable bonds is 6. The van der Waals surface area contributed by atoms with Gasteiger partial charge in [0.15, 0.2) is 0 Å². The van der Waals surface area contributed by atoms with Crippen LogP contribution in [0.5, 0.6) is 0 Å². The van der Waals surface area contributed by atoms with Crippen molar-refractivity contribution in [3.63, 3.8) is 0 Å². The summed E-state index contributed by atoms with van der Waals surface area (Å²) in [6, 6.07) is -3.47. The van der Waals surface area contributed by atoms with Gasteiger partial charge in [-0.3, -0.25) is 28.8 Å². The lowest BCUT2D eigenvalue weighted by Gasteiger charge is -2.29. The molecule has 6 N–H and O–H groups in total. The van der Waals surface area contributed by atoms with Gasteiger partial charge in [-0.25, -0.2) is 9.97 Å². The first-order valence-corrected chi connectivity index (χ1v) is 16.8. The second-order valence-corrected chi connectivity index (χ2v) is 13.9. The van der Waals surface area contributed by atoms with E-state index < -0.39 is 59.6 Å². The summed E-state index contributed by atoms with van der Waals surface area (Å²) in [5.74, 6) is -3.25. The summed E-state index contributed by atoms with van der Waals surface area (Å²) in [6.07, 6.45) is 1.44. The fourth-order valence-corrected chi connectivity index (χ4v) is 6.88. The van der Waals surface area contributed by atoms with Crippen LogP contribution in [-0.2, 0) is 25.7 Å². The lowest BCUT2D eigenvalue weighted by atomic mass is 9.99. The molecule has 0 aliphatic carbocycles. The van der Waals surface area contributed by atoms with E-state index in [0.29, 0.717) is 35.8 Å². The van der Waals surface area contributed by atoms with E-state index in [4.69, 9.17) is 5.73 Å². The fourth-order valence-electron chi connectivity index (χ4n) is 5.28. The maximum Gasteiger partial charge on any atom is 0.274 e. The Balaban J connectivity index is 1.69. The summed E-state index contributed by atoms with van der Waals surface area (Å²) < 4.78 is 0. The predicted octanol–water partition coefficient (Wildman–Crippen LogP) is 1.24. The number of hydrogen-bond donors (Lipinski definition) is 5. The van der Waals surface area contributed by atoms with Gasteiger partial charge >= 0.3 is 0 Å². The Morgan fingerprint density at radius 2 is 1.67 bits per heavy atom. The molecule has 0 radical (unpaired) electrons. The first-order valence-electron chi connectivity index (χ1n) is 15.0. The van der Waals surface area contributed by atoms with E-state index in [-0.39, 0.29) is 42.6 Å². The van der Waals surface area contributed by atoms with Crippen molar-refractivity contribution in [2.24, 2.45) is 17.6 Å². The molecule has 4 unspecified atom stereocenters. The van der Waals surface area contributed by atoms with E-state index in [0.717, 1.165) is 11.3 Å². The second kappa shape index (κ2) is 14.9. The summed E-state index contributed by atoms with van der Waals surface area (Å²) in [7, 11) is 0. The normalized spacial score (nSPS) is 23.6. The largest absolute Gasteiger partial charge is 0.370 e. The highest BCUT2D eigenvalue weighted by Gasteiger charge is 2.38. The van der Waals surface area contributed by atoms with Gasteiger partial charge in [0.1, 0.15) is 39.5 Å². The molecule has 1 fully saturated rings. The molecule has 0 spiro atoms. The number of nitrogens with one attached hydrogen (secondary N) is 4. The fraction of sp³-hybridized carbons (Fsp3) is 0.586. The van der Waals surface area contributed by atoms with E-state index >= 15 is 0 Å². The quantitative estimate of drug-likeness (QED) is 0.304. The number of aromatic nitrogens is 2. The van der Waals surface area contributed by atoms with Gasteiger partial charge < -0.3 is 31.9 Å². The van der Waals surface area contributed by atoms with Crippen molar-refractivity contribution in [2.45, 2.75) is 90.5 Å². The lowest BCUT2D eigenvalue weighted by Crippen LogP contribution is -2.58. The minimum atomic E-state index is -0.986. The van der Waals surface area contributed by atoms with Crippen LogP contribution in [-0.4, -0.2) is 75.0 Å². The molecule has 0 saturated carbocycles. The Bertz CT molecular complexity index is 1440. The van der Waals surface area contributed by atoms with Gasteiger partial charge in [0.05, 0.1) is 12.6 Å². The number of carbonyl (C=O) groups excluding carboxylic acids is 6. The maximum absolute atomic E-state index is 13.6. The minimum absolute atomic E-state index is 0.0326. The molecule has 6 amide bonds. The lowest BCUT2D eigenvalue weighted by molar-refractivity contribution is -0.134. The van der Waals surface area contributed by atoms with Crippen molar-refractivity contribution in [1.82, 2.24) is 36.1 Å². The average molecular weight is 661 g/mol. The van der Waals surface area contributed by atoms with Crippen molar-refractivity contribution in [2.75, 3.05) is 6.54 Å². The van der Waals surface area contributed by atoms with Gasteiger partial charge in [0.25, 0.3) is 11.8 Å². The Hall–Kier alpha value is -3.92. The number of nitrogens with two attached hydrogens (primary N) is 1. The maximum atomic E-state index is 13.6. The number of hydrogen-bond acceptors (Lipinski definition) is 10. The van der Waals surface area contributed by atoms with Crippen LogP contribution >= 0.6 is 22.7 Å². The second-order valence-electron chi connectivity index (χ2n) is 12.0. The highest BCUT2D eigenvalue weighted by molar-refractivity contribution is 7.10. The molecule has 4 rings (SSSR count). The molecule has 4 atom stereocenters. The Kier molecular flexibility index (Phi) is 11.3. The molecule has 2 aromatic rings. The van der Waals surface area contributed by atoms with Crippen LogP contribution in [0.25, 0.3) is 0 Å². The van der Waals surface area contributed by atoms with Gasteiger partial charge in [-0.1, -0.05) is 27.7 Å². The number of primary amides is 1. The molecule has 0 aromatic carbocycles. The van der Waals surface area contributed by atoms with Crippen LogP contribution in [0.15, 0.2) is 10.8 Å². The van der Waals surface area contributed by atoms with Crippen LogP contribution in [0.4, 0.5) is 0 Å². The van der Waals surface area contributed by atoms with E-state index in [1.165, 1.54) is 16.2 Å². The summed E-state index contributed by atoms with van der Waals surface area (Å²) in [5, 5.41) is 15.3.